The van der Waals surface area contributed by atoms with Gasteiger partial charge in [0.2, 0.25) is 11.8 Å². The van der Waals surface area contributed by atoms with Crippen LogP contribution in [0.5, 0.6) is 0 Å². The minimum absolute atomic E-state index is 0.149. The number of oxazole rings is 1. The maximum absolute atomic E-state index is 12.5. The monoisotopic (exact) mass is 400 g/mol. The molecule has 0 unspecified atom stereocenters. The summed E-state index contributed by atoms with van der Waals surface area (Å²) in [6.07, 6.45) is 2.80. The second-order valence-electron chi connectivity index (χ2n) is 6.80. The van der Waals surface area contributed by atoms with Crippen LogP contribution in [0.25, 0.3) is 33.6 Å². The molecule has 0 atom stereocenters. The van der Waals surface area contributed by atoms with Crippen molar-refractivity contribution in [3.05, 3.63) is 71.4 Å². The molecule has 3 aromatic heterocycles. The summed E-state index contributed by atoms with van der Waals surface area (Å²) < 4.78 is 8.52. The predicted molar refractivity (Wildman–Crippen MR) is 111 cm³/mol. The number of para-hydroxylation sites is 2. The van der Waals surface area contributed by atoms with E-state index in [9.17, 15) is 9.59 Å². The van der Waals surface area contributed by atoms with Crippen LogP contribution in [0.2, 0.25) is 0 Å². The fourth-order valence-electron chi connectivity index (χ4n) is 3.23. The third-order valence-corrected chi connectivity index (χ3v) is 4.74. The van der Waals surface area contributed by atoms with Crippen molar-refractivity contribution in [1.29, 1.82) is 0 Å². The highest BCUT2D eigenvalue weighted by Crippen LogP contribution is 2.25. The fourth-order valence-corrected chi connectivity index (χ4v) is 3.23. The zero-order valence-electron chi connectivity index (χ0n) is 15.9. The van der Waals surface area contributed by atoms with Gasteiger partial charge >= 0.3 is 0 Å². The fraction of sp³-hybridized carbons (Fsp3) is 0.0952. The first-order chi connectivity index (χ1) is 14.6. The number of amides is 1. The van der Waals surface area contributed by atoms with Gasteiger partial charge in [-0.05, 0) is 36.4 Å². The van der Waals surface area contributed by atoms with E-state index >= 15 is 0 Å². The zero-order chi connectivity index (χ0) is 20.7. The minimum atomic E-state index is -0.336. The molecule has 0 aliphatic carbocycles. The van der Waals surface area contributed by atoms with Crippen LogP contribution in [-0.2, 0) is 18.4 Å². The lowest BCUT2D eigenvalue weighted by molar-refractivity contribution is -0.116. The van der Waals surface area contributed by atoms with Gasteiger partial charge < -0.3 is 9.73 Å². The summed E-state index contributed by atoms with van der Waals surface area (Å²) >= 11 is 0. The summed E-state index contributed by atoms with van der Waals surface area (Å²) in [6.45, 7) is -0.149. The average molecular weight is 400 g/mol. The zero-order valence-corrected chi connectivity index (χ0v) is 15.9. The Morgan fingerprint density at radius 3 is 2.73 bits per heavy atom. The molecule has 0 fully saturated rings. The number of rotatable bonds is 4. The van der Waals surface area contributed by atoms with E-state index in [0.29, 0.717) is 22.6 Å². The Bertz CT molecular complexity index is 1410. The molecule has 0 bridgehead atoms. The Labute approximate surface area is 169 Å². The summed E-state index contributed by atoms with van der Waals surface area (Å²) in [5, 5.41) is 7.17. The van der Waals surface area contributed by atoms with Gasteiger partial charge in [-0.3, -0.25) is 18.8 Å². The van der Waals surface area contributed by atoms with Crippen LogP contribution < -0.4 is 10.9 Å². The third-order valence-electron chi connectivity index (χ3n) is 4.74. The smallest absolute Gasteiger partial charge is 0.264 e. The highest BCUT2D eigenvalue weighted by Gasteiger charge is 2.12. The van der Waals surface area contributed by atoms with E-state index in [4.69, 9.17) is 4.42 Å². The lowest BCUT2D eigenvalue weighted by atomic mass is 10.2. The Hall–Kier alpha value is -4.27. The number of hydrogen-bond donors (Lipinski definition) is 1. The summed E-state index contributed by atoms with van der Waals surface area (Å²) in [5.41, 5.74) is 3.07. The van der Waals surface area contributed by atoms with Gasteiger partial charge in [0.25, 0.3) is 5.56 Å². The Kier molecular flexibility index (Phi) is 4.13. The number of anilines is 1. The van der Waals surface area contributed by atoms with E-state index in [2.05, 4.69) is 20.4 Å². The van der Waals surface area contributed by atoms with Crippen molar-refractivity contribution in [2.45, 2.75) is 6.54 Å². The topological polar surface area (TPSA) is 108 Å². The van der Waals surface area contributed by atoms with Crippen LogP contribution in [0, 0.1) is 0 Å². The molecule has 9 heteroatoms. The van der Waals surface area contributed by atoms with Crippen molar-refractivity contribution in [3.8, 4) is 11.5 Å². The molecule has 5 rings (SSSR count). The predicted octanol–water partition coefficient (Wildman–Crippen LogP) is 2.58. The van der Waals surface area contributed by atoms with Crippen molar-refractivity contribution in [2.24, 2.45) is 7.05 Å². The molecule has 0 aliphatic heterocycles. The second kappa shape index (κ2) is 6.96. The number of benzene rings is 2. The normalized spacial score (nSPS) is 11.2. The van der Waals surface area contributed by atoms with Gasteiger partial charge in [0, 0.05) is 18.3 Å². The molecule has 0 aliphatic rings. The van der Waals surface area contributed by atoms with Gasteiger partial charge in [0.05, 0.1) is 6.20 Å². The van der Waals surface area contributed by atoms with E-state index in [-0.39, 0.29) is 18.0 Å². The lowest BCUT2D eigenvalue weighted by Gasteiger charge is -2.07. The molecule has 1 N–H and O–H groups in total. The third kappa shape index (κ3) is 3.12. The highest BCUT2D eigenvalue weighted by molar-refractivity contribution is 5.91. The molecule has 30 heavy (non-hydrogen) atoms. The van der Waals surface area contributed by atoms with Crippen molar-refractivity contribution < 1.29 is 9.21 Å². The van der Waals surface area contributed by atoms with Gasteiger partial charge in [-0.25, -0.2) is 9.97 Å². The maximum Gasteiger partial charge on any atom is 0.264 e. The van der Waals surface area contributed by atoms with Gasteiger partial charge in [-0.2, -0.15) is 5.10 Å². The molecule has 0 saturated heterocycles. The lowest BCUT2D eigenvalue weighted by Crippen LogP contribution is -2.27. The number of carbonyl (C=O) groups excluding carboxylic acids is 1. The summed E-state index contributed by atoms with van der Waals surface area (Å²) in [6, 6.07) is 14.7. The van der Waals surface area contributed by atoms with Gasteiger partial charge in [-0.15, -0.1) is 0 Å². The molecular weight excluding hydrogens is 384 g/mol. The molecule has 0 saturated carbocycles. The molecule has 0 spiro atoms. The van der Waals surface area contributed by atoms with Gasteiger partial charge in [-0.1, -0.05) is 12.1 Å². The van der Waals surface area contributed by atoms with Crippen LogP contribution in [0.4, 0.5) is 5.69 Å². The molecule has 148 valence electrons. The molecule has 3 heterocycles. The van der Waals surface area contributed by atoms with Gasteiger partial charge in [0.15, 0.2) is 11.2 Å². The van der Waals surface area contributed by atoms with Gasteiger partial charge in [0.1, 0.15) is 23.8 Å². The van der Waals surface area contributed by atoms with Crippen LogP contribution in [0.15, 0.2) is 70.3 Å². The van der Waals surface area contributed by atoms with E-state index in [1.54, 1.807) is 19.2 Å². The number of hydrogen-bond acceptors (Lipinski definition) is 6. The first kappa shape index (κ1) is 17.8. The number of aryl methyl sites for hydroxylation is 1. The highest BCUT2D eigenvalue weighted by atomic mass is 16.3. The van der Waals surface area contributed by atoms with Crippen molar-refractivity contribution in [3.63, 3.8) is 0 Å². The van der Waals surface area contributed by atoms with Crippen LogP contribution >= 0.6 is 0 Å². The van der Waals surface area contributed by atoms with E-state index in [1.165, 1.54) is 21.8 Å². The Morgan fingerprint density at radius 1 is 1.13 bits per heavy atom. The number of aromatic nitrogens is 5. The molecule has 1 amide bonds. The molecule has 0 radical (unpaired) electrons. The van der Waals surface area contributed by atoms with E-state index < -0.39 is 0 Å². The number of nitrogens with one attached hydrogen (secondary N) is 1. The largest absolute Gasteiger partial charge is 0.436 e. The van der Waals surface area contributed by atoms with Crippen LogP contribution in [0.1, 0.15) is 0 Å². The summed E-state index contributed by atoms with van der Waals surface area (Å²) in [4.78, 5) is 33.5. The van der Waals surface area contributed by atoms with Crippen molar-refractivity contribution >= 4 is 33.7 Å². The SMILES string of the molecule is Cn1ncc2c(=O)n(CC(=O)Nc3ccc(-c4nc5ccccc5o4)cc3)cnc21. The Morgan fingerprint density at radius 2 is 1.93 bits per heavy atom. The second-order valence-corrected chi connectivity index (χ2v) is 6.80. The minimum Gasteiger partial charge on any atom is -0.436 e. The summed E-state index contributed by atoms with van der Waals surface area (Å²) in [5.74, 6) is 0.174. The standard InChI is InChI=1S/C21H16N6O3/c1-26-19-15(10-23-26)21(29)27(12-22-19)11-18(28)24-14-8-6-13(7-9-14)20-25-16-4-2-3-5-17(16)30-20/h2-10,12H,11H2,1H3,(H,24,28). The average Bonchev–Trinajstić information content (AvgIpc) is 3.35. The molecule has 9 nitrogen and oxygen atoms in total. The summed E-state index contributed by atoms with van der Waals surface area (Å²) in [7, 11) is 1.70. The first-order valence-corrected chi connectivity index (χ1v) is 9.21. The van der Waals surface area contributed by atoms with Crippen LogP contribution in [-0.4, -0.2) is 30.2 Å². The van der Waals surface area contributed by atoms with E-state index in [1.807, 2.05) is 36.4 Å². The number of carbonyl (C=O) groups is 1. The van der Waals surface area contributed by atoms with Crippen LogP contribution in [0.3, 0.4) is 0 Å². The molecule has 5 aromatic rings. The maximum atomic E-state index is 12.5. The van der Waals surface area contributed by atoms with Crippen molar-refractivity contribution in [1.82, 2.24) is 24.3 Å². The molecule has 2 aromatic carbocycles. The Balaban J connectivity index is 1.31. The quantitative estimate of drug-likeness (QED) is 0.497. The van der Waals surface area contributed by atoms with Crippen molar-refractivity contribution in [2.75, 3.05) is 5.32 Å². The number of fused-ring (bicyclic) bond motifs is 2. The first-order valence-electron chi connectivity index (χ1n) is 9.21. The number of nitrogens with zero attached hydrogens (tertiary/aromatic N) is 5. The van der Waals surface area contributed by atoms with E-state index in [0.717, 1.165) is 16.7 Å². The molecular formula is C21H16N6O3.